The lowest BCUT2D eigenvalue weighted by molar-refractivity contribution is -0.383. The molecule has 0 radical (unpaired) electrons. The number of carbonyl (C=O) groups excluding carboxylic acids is 1. The van der Waals surface area contributed by atoms with Gasteiger partial charge in [0.2, 0.25) is 0 Å². The minimum atomic E-state index is -0.797. The predicted molar refractivity (Wildman–Crippen MR) is 84.9 cm³/mol. The van der Waals surface area contributed by atoms with Gasteiger partial charge in [0.05, 0.1) is 10.6 Å². The third kappa shape index (κ3) is 2.76. The molecule has 7 heteroatoms. The Bertz CT molecular complexity index is 817. The molecule has 7 nitrogen and oxygen atoms in total. The van der Waals surface area contributed by atoms with Crippen molar-refractivity contribution in [2.45, 2.75) is 13.0 Å². The fraction of sp³-hybridized carbons (Fsp3) is 0.125. The van der Waals surface area contributed by atoms with Crippen LogP contribution in [0.2, 0.25) is 0 Å². The Labute approximate surface area is 131 Å². The number of para-hydroxylation sites is 2. The Hall–Kier alpha value is -3.22. The van der Waals surface area contributed by atoms with Gasteiger partial charge in [-0.15, -0.1) is 0 Å². The van der Waals surface area contributed by atoms with E-state index in [9.17, 15) is 14.9 Å². The number of amidine groups is 1. The molecule has 0 saturated carbocycles. The van der Waals surface area contributed by atoms with Gasteiger partial charge in [0.25, 0.3) is 11.7 Å². The maximum absolute atomic E-state index is 11.3. The van der Waals surface area contributed by atoms with Crippen molar-refractivity contribution in [3.8, 4) is 0 Å². The summed E-state index contributed by atoms with van der Waals surface area (Å²) in [5.74, 6) is 0. The van der Waals surface area contributed by atoms with Crippen LogP contribution in [-0.4, -0.2) is 17.2 Å². The molecule has 23 heavy (non-hydrogen) atoms. The Morgan fingerprint density at radius 2 is 2.04 bits per heavy atom. The smallest absolute Gasteiger partial charge is 0.295 e. The van der Waals surface area contributed by atoms with Gasteiger partial charge in [0.1, 0.15) is 5.69 Å². The molecule has 1 aliphatic rings. The number of ether oxygens (including phenoxy) is 1. The molecule has 0 bridgehead atoms. The molecule has 0 spiro atoms. The molecular formula is C16H13N3O4. The van der Waals surface area contributed by atoms with Crippen molar-refractivity contribution >= 4 is 29.4 Å². The summed E-state index contributed by atoms with van der Waals surface area (Å²) >= 11 is 0. The van der Waals surface area contributed by atoms with Crippen LogP contribution >= 0.6 is 0 Å². The first kappa shape index (κ1) is 14.7. The van der Waals surface area contributed by atoms with E-state index in [1.165, 1.54) is 6.07 Å². The molecular weight excluding hydrogens is 298 g/mol. The summed E-state index contributed by atoms with van der Waals surface area (Å²) in [4.78, 5) is 26.2. The second-order valence-corrected chi connectivity index (χ2v) is 5.00. The summed E-state index contributed by atoms with van der Waals surface area (Å²) in [7, 11) is 0. The van der Waals surface area contributed by atoms with Gasteiger partial charge in [-0.25, -0.2) is 0 Å². The Morgan fingerprint density at radius 3 is 2.78 bits per heavy atom. The standard InChI is InChI=1S/C16H13N3O4/c1-10-5-4-7-12-15(10)14(9-20)23-16(18-12)17-11-6-2-3-8-13(11)19(21)22/h2-9,14H,1H3,(H,17,18). The normalized spacial score (nSPS) is 15.9. The second kappa shape index (κ2) is 5.88. The Morgan fingerprint density at radius 1 is 1.26 bits per heavy atom. The van der Waals surface area contributed by atoms with Crippen molar-refractivity contribution in [2.75, 3.05) is 5.32 Å². The highest BCUT2D eigenvalue weighted by atomic mass is 16.6. The Balaban J connectivity index is 1.99. The molecule has 3 rings (SSSR count). The number of aldehydes is 1. The van der Waals surface area contributed by atoms with Crippen LogP contribution in [0.1, 0.15) is 17.2 Å². The number of aliphatic imine (C=N–C) groups is 1. The summed E-state index contributed by atoms with van der Waals surface area (Å²) in [5.41, 5.74) is 2.35. The van der Waals surface area contributed by atoms with Crippen LogP contribution in [0.4, 0.5) is 17.1 Å². The summed E-state index contributed by atoms with van der Waals surface area (Å²) in [5, 5.41) is 13.8. The van der Waals surface area contributed by atoms with Crippen LogP contribution in [0.5, 0.6) is 0 Å². The zero-order valence-electron chi connectivity index (χ0n) is 12.2. The van der Waals surface area contributed by atoms with Gasteiger partial charge in [-0.05, 0) is 24.6 Å². The average Bonchev–Trinajstić information content (AvgIpc) is 2.54. The second-order valence-electron chi connectivity index (χ2n) is 5.00. The molecule has 0 aliphatic carbocycles. The number of nitrogens with zero attached hydrogens (tertiary/aromatic N) is 2. The van der Waals surface area contributed by atoms with E-state index >= 15 is 0 Å². The maximum atomic E-state index is 11.3. The number of nitrogens with one attached hydrogen (secondary N) is 1. The highest BCUT2D eigenvalue weighted by molar-refractivity contribution is 5.96. The summed E-state index contributed by atoms with van der Waals surface area (Å²) in [6.07, 6.45) is -0.115. The zero-order valence-corrected chi connectivity index (χ0v) is 12.2. The summed E-state index contributed by atoms with van der Waals surface area (Å²) < 4.78 is 5.53. The third-order valence-corrected chi connectivity index (χ3v) is 3.51. The van der Waals surface area contributed by atoms with Gasteiger partial charge >= 0.3 is 0 Å². The SMILES string of the molecule is Cc1cccc2c1C(C=O)OC(Nc1ccccc1[N+](=O)[O-])=N2. The van der Waals surface area contributed by atoms with E-state index in [1.54, 1.807) is 24.3 Å². The molecule has 0 aromatic heterocycles. The predicted octanol–water partition coefficient (Wildman–Crippen LogP) is 3.27. The lowest BCUT2D eigenvalue weighted by atomic mass is 10.0. The first-order valence-electron chi connectivity index (χ1n) is 6.90. The van der Waals surface area contributed by atoms with Crippen LogP contribution in [0, 0.1) is 17.0 Å². The van der Waals surface area contributed by atoms with E-state index in [4.69, 9.17) is 4.74 Å². The highest BCUT2D eigenvalue weighted by Gasteiger charge is 2.26. The van der Waals surface area contributed by atoms with E-state index < -0.39 is 11.0 Å². The maximum Gasteiger partial charge on any atom is 0.295 e. The molecule has 0 amide bonds. The van der Waals surface area contributed by atoms with Crippen molar-refractivity contribution in [2.24, 2.45) is 4.99 Å². The molecule has 1 aliphatic heterocycles. The van der Waals surface area contributed by atoms with Crippen molar-refractivity contribution in [3.63, 3.8) is 0 Å². The molecule has 1 atom stereocenters. The number of anilines is 1. The minimum absolute atomic E-state index is 0.0505. The van der Waals surface area contributed by atoms with E-state index in [-0.39, 0.29) is 17.4 Å². The van der Waals surface area contributed by atoms with Crippen molar-refractivity contribution in [1.82, 2.24) is 0 Å². The Kier molecular flexibility index (Phi) is 3.76. The number of benzene rings is 2. The van der Waals surface area contributed by atoms with E-state index in [1.807, 2.05) is 19.1 Å². The van der Waals surface area contributed by atoms with E-state index in [0.717, 1.165) is 5.56 Å². The number of nitro groups is 1. The van der Waals surface area contributed by atoms with Crippen molar-refractivity contribution in [3.05, 3.63) is 63.7 Å². The molecule has 2 aromatic rings. The van der Waals surface area contributed by atoms with Gasteiger partial charge < -0.3 is 10.1 Å². The topological polar surface area (TPSA) is 93.8 Å². The van der Waals surface area contributed by atoms with Crippen molar-refractivity contribution < 1.29 is 14.5 Å². The first-order valence-corrected chi connectivity index (χ1v) is 6.90. The lowest BCUT2D eigenvalue weighted by Crippen LogP contribution is -2.24. The van der Waals surface area contributed by atoms with Crippen LogP contribution in [0.15, 0.2) is 47.5 Å². The van der Waals surface area contributed by atoms with Gasteiger partial charge in [0.15, 0.2) is 12.4 Å². The molecule has 0 fully saturated rings. The van der Waals surface area contributed by atoms with Crippen LogP contribution < -0.4 is 5.32 Å². The molecule has 1 unspecified atom stereocenters. The fourth-order valence-corrected chi connectivity index (χ4v) is 2.45. The number of nitro benzene ring substituents is 1. The minimum Gasteiger partial charge on any atom is -0.449 e. The van der Waals surface area contributed by atoms with Crippen LogP contribution in [-0.2, 0) is 9.53 Å². The van der Waals surface area contributed by atoms with Gasteiger partial charge in [-0.2, -0.15) is 4.99 Å². The van der Waals surface area contributed by atoms with Crippen molar-refractivity contribution in [1.29, 1.82) is 0 Å². The molecule has 1 N–H and O–H groups in total. The van der Waals surface area contributed by atoms with Crippen LogP contribution in [0.25, 0.3) is 0 Å². The van der Waals surface area contributed by atoms with Gasteiger partial charge in [-0.3, -0.25) is 14.9 Å². The van der Waals surface area contributed by atoms with Gasteiger partial charge in [-0.1, -0.05) is 24.3 Å². The highest BCUT2D eigenvalue weighted by Crippen LogP contribution is 2.35. The summed E-state index contributed by atoms with van der Waals surface area (Å²) in [6.45, 7) is 1.87. The average molecular weight is 311 g/mol. The fourth-order valence-electron chi connectivity index (χ4n) is 2.45. The van der Waals surface area contributed by atoms with E-state index in [0.29, 0.717) is 17.5 Å². The zero-order chi connectivity index (χ0) is 16.4. The van der Waals surface area contributed by atoms with E-state index in [2.05, 4.69) is 10.3 Å². The molecule has 0 saturated heterocycles. The van der Waals surface area contributed by atoms with Crippen LogP contribution in [0.3, 0.4) is 0 Å². The molecule has 2 aromatic carbocycles. The lowest BCUT2D eigenvalue weighted by Gasteiger charge is -2.24. The summed E-state index contributed by atoms with van der Waals surface area (Å²) in [6, 6.07) is 11.7. The monoisotopic (exact) mass is 311 g/mol. The number of hydrogen-bond acceptors (Lipinski definition) is 6. The number of carbonyl (C=O) groups is 1. The van der Waals surface area contributed by atoms with Gasteiger partial charge in [0, 0.05) is 11.6 Å². The third-order valence-electron chi connectivity index (χ3n) is 3.51. The molecule has 116 valence electrons. The molecule has 1 heterocycles. The number of fused-ring (bicyclic) bond motifs is 1. The quantitative estimate of drug-likeness (QED) is 0.533. The number of aryl methyl sites for hydroxylation is 1. The first-order chi connectivity index (χ1) is 11.1. The number of hydrogen-bond donors (Lipinski definition) is 1. The largest absolute Gasteiger partial charge is 0.449 e. The number of rotatable bonds is 3.